The lowest BCUT2D eigenvalue weighted by Crippen LogP contribution is -2.31. The monoisotopic (exact) mass is 707 g/mol. The third kappa shape index (κ3) is 5.63. The van der Waals surface area contributed by atoms with Gasteiger partial charge < -0.3 is 35.2 Å². The molecule has 12 nitrogen and oxygen atoms in total. The number of anilines is 3. The van der Waals surface area contributed by atoms with E-state index in [4.69, 9.17) is 29.5 Å². The fourth-order valence-electron chi connectivity index (χ4n) is 5.70. The topological polar surface area (TPSA) is 172 Å². The van der Waals surface area contributed by atoms with Crippen LogP contribution in [-0.4, -0.2) is 51.7 Å². The molecule has 0 radical (unpaired) electrons. The van der Waals surface area contributed by atoms with Crippen molar-refractivity contribution in [2.24, 2.45) is 0 Å². The van der Waals surface area contributed by atoms with Gasteiger partial charge in [0.1, 0.15) is 58.7 Å². The van der Waals surface area contributed by atoms with Crippen molar-refractivity contribution in [3.8, 4) is 29.0 Å². The van der Waals surface area contributed by atoms with Gasteiger partial charge in [0.05, 0.1) is 35.3 Å². The maximum absolute atomic E-state index is 16.9. The zero-order chi connectivity index (χ0) is 34.5. The van der Waals surface area contributed by atoms with Crippen LogP contribution < -0.4 is 25.4 Å². The van der Waals surface area contributed by atoms with E-state index in [1.54, 1.807) is 30.0 Å². The minimum absolute atomic E-state index is 0.0524. The largest absolute Gasteiger partial charge is 0.490 e. The summed E-state index contributed by atoms with van der Waals surface area (Å²) in [6, 6.07) is 5.84. The van der Waals surface area contributed by atoms with Crippen LogP contribution in [0, 0.1) is 23.0 Å². The van der Waals surface area contributed by atoms with Crippen LogP contribution in [0.1, 0.15) is 29.7 Å². The van der Waals surface area contributed by atoms with Crippen molar-refractivity contribution in [3.63, 3.8) is 0 Å². The number of fused-ring (bicyclic) bond motifs is 1. The van der Waals surface area contributed by atoms with Crippen LogP contribution in [0.15, 0.2) is 30.5 Å². The predicted molar refractivity (Wildman–Crippen MR) is 167 cm³/mol. The highest BCUT2D eigenvalue weighted by Gasteiger charge is 2.44. The molecule has 5 N–H and O–H groups in total. The third-order valence-corrected chi connectivity index (χ3v) is 9.08. The number of pyridine rings is 1. The Labute approximate surface area is 273 Å². The van der Waals surface area contributed by atoms with Gasteiger partial charge in [-0.3, -0.25) is 4.52 Å². The Morgan fingerprint density at radius 1 is 1.23 bits per heavy atom. The summed E-state index contributed by atoms with van der Waals surface area (Å²) in [5.74, 6) is -2.94. The summed E-state index contributed by atoms with van der Waals surface area (Å²) in [6.45, 7) is 0.999. The Morgan fingerprint density at radius 2 is 2.00 bits per heavy atom. The molecule has 1 aliphatic heterocycles. The molecule has 0 bridgehead atoms. The Morgan fingerprint density at radius 3 is 2.69 bits per heavy atom. The summed E-state index contributed by atoms with van der Waals surface area (Å²) < 4.78 is 93.0. The lowest BCUT2D eigenvalue weighted by Gasteiger charge is -2.31. The highest BCUT2D eigenvalue weighted by molar-refractivity contribution is 7.39. The number of nitrogen functional groups attached to an aromatic ring is 1. The van der Waals surface area contributed by atoms with Crippen LogP contribution in [0.4, 0.5) is 38.6 Å². The van der Waals surface area contributed by atoms with Gasteiger partial charge in [-0.1, -0.05) is 12.1 Å². The van der Waals surface area contributed by atoms with E-state index in [1.165, 1.54) is 13.3 Å². The zero-order valence-corrected chi connectivity index (χ0v) is 26.5. The van der Waals surface area contributed by atoms with Crippen LogP contribution in [0.25, 0.3) is 32.1 Å². The van der Waals surface area contributed by atoms with E-state index in [0.717, 1.165) is 12.1 Å². The summed E-state index contributed by atoms with van der Waals surface area (Å²) in [5.41, 5.74) is 2.59. The molecule has 250 valence electrons. The summed E-state index contributed by atoms with van der Waals surface area (Å²) in [4.78, 5) is 32.5. The number of nitrogens with one attached hydrogen (secondary N) is 1. The molecule has 6 rings (SSSR count). The molecule has 1 atom stereocenters. The number of hydrogen-bond donors (Lipinski definition) is 4. The summed E-state index contributed by atoms with van der Waals surface area (Å²) in [6.07, 6.45) is -3.77. The van der Waals surface area contributed by atoms with Crippen molar-refractivity contribution in [3.05, 3.63) is 58.8 Å². The molecule has 4 heterocycles. The number of hydrogen-bond acceptors (Lipinski definition) is 13. The van der Waals surface area contributed by atoms with Crippen LogP contribution in [0.5, 0.6) is 11.8 Å². The van der Waals surface area contributed by atoms with E-state index in [0.29, 0.717) is 16.9 Å². The van der Waals surface area contributed by atoms with E-state index in [9.17, 15) is 9.65 Å². The van der Waals surface area contributed by atoms with Crippen LogP contribution >= 0.6 is 19.9 Å². The van der Waals surface area contributed by atoms with Crippen molar-refractivity contribution in [2.45, 2.75) is 19.1 Å². The lowest BCUT2D eigenvalue weighted by atomic mass is 9.91. The predicted octanol–water partition coefficient (Wildman–Crippen LogP) is 6.22. The SMILES string of the molecule is COc1nc2c3c(c(C(F)(F)F)c(-c4ccc(F)c5sc(N)c(C#N)c45)c(F)c3n1)OCCN2C(C)c1cccnc1NCOP(O)O. The first-order valence-electron chi connectivity index (χ1n) is 13.9. The van der Waals surface area contributed by atoms with Crippen LogP contribution in [0.3, 0.4) is 0 Å². The second kappa shape index (κ2) is 12.7. The van der Waals surface area contributed by atoms with Gasteiger partial charge in [-0.15, -0.1) is 11.3 Å². The Bertz CT molecular complexity index is 2110. The zero-order valence-electron chi connectivity index (χ0n) is 24.8. The number of ether oxygens (including phenoxy) is 2. The molecule has 0 aliphatic carbocycles. The highest BCUT2D eigenvalue weighted by atomic mass is 32.1. The average Bonchev–Trinajstić information content (AvgIpc) is 3.28. The maximum Gasteiger partial charge on any atom is 0.420 e. The number of methoxy groups -OCH3 is 1. The smallest absolute Gasteiger partial charge is 0.420 e. The molecule has 1 aliphatic rings. The van der Waals surface area contributed by atoms with Crippen molar-refractivity contribution < 1.29 is 45.7 Å². The van der Waals surface area contributed by atoms with E-state index in [-0.39, 0.29) is 58.2 Å². The number of nitrogens with zero attached hydrogens (tertiary/aromatic N) is 5. The van der Waals surface area contributed by atoms with Crippen LogP contribution in [-0.2, 0) is 10.7 Å². The second-order valence-corrected chi connectivity index (χ2v) is 12.1. The molecule has 5 aromatic rings. The third-order valence-electron chi connectivity index (χ3n) is 7.69. The molecule has 48 heavy (non-hydrogen) atoms. The molecule has 0 saturated carbocycles. The molecule has 0 spiro atoms. The van der Waals surface area contributed by atoms with Gasteiger partial charge in [-0.05, 0) is 24.6 Å². The van der Waals surface area contributed by atoms with Crippen molar-refractivity contribution >= 4 is 57.6 Å². The van der Waals surface area contributed by atoms with Crippen molar-refractivity contribution in [1.29, 1.82) is 5.26 Å². The fraction of sp³-hybridized carbons (Fsp3) is 0.241. The van der Waals surface area contributed by atoms with Gasteiger partial charge in [0.2, 0.25) is 0 Å². The van der Waals surface area contributed by atoms with Gasteiger partial charge in [-0.25, -0.2) is 13.8 Å². The minimum atomic E-state index is -5.23. The molecular formula is C29H23F5N7O5PS. The van der Waals surface area contributed by atoms with Crippen LogP contribution in [0.2, 0.25) is 0 Å². The van der Waals surface area contributed by atoms with Crippen molar-refractivity contribution in [1.82, 2.24) is 15.0 Å². The number of benzene rings is 2. The molecule has 0 saturated heterocycles. The number of halogens is 5. The minimum Gasteiger partial charge on any atom is -0.490 e. The Kier molecular flexibility index (Phi) is 8.83. The highest BCUT2D eigenvalue weighted by Crippen LogP contribution is 2.53. The van der Waals surface area contributed by atoms with Crippen molar-refractivity contribution in [2.75, 3.05) is 42.9 Å². The number of rotatable bonds is 8. The van der Waals surface area contributed by atoms with E-state index in [1.807, 2.05) is 0 Å². The standard InChI is InChI=1S/C29H23F5N7O5PS/c1-12(13-4-3-7-37-26(13)38-11-46-47(42)43)41-8-9-45-23-19-22(39-28(44-2)40-27(19)41)21(31)18(20(23)29(32,33)34)14-5-6-16(30)24-17(14)15(10-35)25(36)48-24/h3-7,12,42-43H,8-9,11,36H2,1-2H3,(H,37,38). The van der Waals surface area contributed by atoms with Gasteiger partial charge in [-0.2, -0.15) is 28.4 Å². The van der Waals surface area contributed by atoms with Gasteiger partial charge in [0, 0.05) is 22.7 Å². The van der Waals surface area contributed by atoms with Gasteiger partial charge in [0.15, 0.2) is 5.82 Å². The Balaban J connectivity index is 1.65. The first-order valence-corrected chi connectivity index (χ1v) is 15.8. The second-order valence-electron chi connectivity index (χ2n) is 10.3. The summed E-state index contributed by atoms with van der Waals surface area (Å²) in [7, 11) is -1.46. The lowest BCUT2D eigenvalue weighted by molar-refractivity contribution is -0.138. The molecule has 0 fully saturated rings. The first-order chi connectivity index (χ1) is 22.9. The van der Waals surface area contributed by atoms with Gasteiger partial charge >= 0.3 is 20.8 Å². The molecule has 3 aromatic heterocycles. The van der Waals surface area contributed by atoms with Gasteiger partial charge in [0.25, 0.3) is 0 Å². The normalized spacial score (nSPS) is 13.8. The quantitative estimate of drug-likeness (QED) is 0.0816. The number of alkyl halides is 3. The molecule has 0 amide bonds. The summed E-state index contributed by atoms with van der Waals surface area (Å²) >= 11 is 0.654. The fourth-order valence-corrected chi connectivity index (χ4v) is 6.83. The molecule has 2 aromatic carbocycles. The number of nitrogens with two attached hydrogens (primary N) is 1. The first kappa shape index (κ1) is 33.2. The number of aromatic nitrogens is 3. The average molecular weight is 708 g/mol. The molecular weight excluding hydrogens is 684 g/mol. The number of thiophene rings is 1. The summed E-state index contributed by atoms with van der Waals surface area (Å²) in [5, 5.41) is 11.8. The van der Waals surface area contributed by atoms with E-state index >= 15 is 17.6 Å². The van der Waals surface area contributed by atoms with E-state index < -0.39 is 65.8 Å². The molecule has 1 unspecified atom stereocenters. The number of nitriles is 1. The van der Waals surface area contributed by atoms with E-state index in [2.05, 4.69) is 20.3 Å². The molecule has 19 heteroatoms. The Hall–Kier alpha value is -4.66. The maximum atomic E-state index is 16.9.